The number of nitrogens with zero attached hydrogens (tertiary/aromatic N) is 4. The molecule has 0 aliphatic carbocycles. The average Bonchev–Trinajstić information content (AvgIpc) is 2.85. The van der Waals surface area contributed by atoms with Gasteiger partial charge < -0.3 is 20.2 Å². The van der Waals surface area contributed by atoms with E-state index in [4.69, 9.17) is 9.47 Å². The van der Waals surface area contributed by atoms with E-state index in [2.05, 4.69) is 26.4 Å². The lowest BCUT2D eigenvalue weighted by molar-refractivity contribution is -0.185. The normalized spacial score (nSPS) is 11.0. The summed E-state index contributed by atoms with van der Waals surface area (Å²) < 4.78 is 45.7. The minimum absolute atomic E-state index is 0.126. The van der Waals surface area contributed by atoms with Crippen LogP contribution in [0.1, 0.15) is 44.7 Å². The molecule has 0 aliphatic heterocycles. The molecule has 1 amide bonds. The van der Waals surface area contributed by atoms with Crippen molar-refractivity contribution in [3.63, 3.8) is 0 Å². The molecule has 16 heteroatoms. The predicted molar refractivity (Wildman–Crippen MR) is 137 cm³/mol. The minimum atomic E-state index is -5.18. The van der Waals surface area contributed by atoms with E-state index in [9.17, 15) is 37.2 Å². The van der Waals surface area contributed by atoms with Gasteiger partial charge in [0.1, 0.15) is 28.4 Å². The molecule has 14 nitrogen and oxygen atoms in total. The molecule has 3 N–H and O–H groups in total. The molecular formula is C24H24FN7O7S. The maximum absolute atomic E-state index is 13.4. The van der Waals surface area contributed by atoms with Crippen LogP contribution < -0.4 is 16.2 Å². The van der Waals surface area contributed by atoms with Crippen LogP contribution in [0.3, 0.4) is 0 Å². The average molecular weight is 574 g/mol. The Morgan fingerprint density at radius 1 is 1.00 bits per heavy atom. The highest BCUT2D eigenvalue weighted by Crippen LogP contribution is 2.33. The van der Waals surface area contributed by atoms with Crippen molar-refractivity contribution in [2.45, 2.75) is 44.8 Å². The summed E-state index contributed by atoms with van der Waals surface area (Å²) in [6.45, 7) is 4.03. The molecule has 0 unspecified atom stereocenters. The molecule has 0 bridgehead atoms. The fraction of sp³-hybridized carbons (Fsp3) is 0.292. The highest BCUT2D eigenvalue weighted by molar-refractivity contribution is 7.86. The highest BCUT2D eigenvalue weighted by Gasteiger charge is 2.19. The number of esters is 2. The molecule has 0 spiro atoms. The molecule has 2 rings (SSSR count). The minimum Gasteiger partial charge on any atom is -0.425 e. The van der Waals surface area contributed by atoms with Gasteiger partial charge >= 0.3 is 22.2 Å². The molecule has 0 saturated carbocycles. The SMILES string of the molecule is CC(=O)Nc1cc(NNCCCC(OC(C)=O)OC(C)=O)ccc1N=Nc1c(C#N)cc(S(=O)(=O)F)cc1C#N. The number of rotatable bonds is 12. The Bertz CT molecular complexity index is 1460. The lowest BCUT2D eigenvalue weighted by atomic mass is 10.1. The third-order valence-corrected chi connectivity index (χ3v) is 5.54. The Labute approximate surface area is 229 Å². The number of azo groups is 1. The summed E-state index contributed by atoms with van der Waals surface area (Å²) in [5, 5.41) is 29.2. The van der Waals surface area contributed by atoms with E-state index >= 15 is 0 Å². The maximum Gasteiger partial charge on any atom is 0.332 e. The van der Waals surface area contributed by atoms with Crippen LogP contribution in [-0.4, -0.2) is 39.1 Å². The molecule has 0 fully saturated rings. The molecule has 0 radical (unpaired) electrons. The van der Waals surface area contributed by atoms with Crippen molar-refractivity contribution in [1.29, 1.82) is 10.5 Å². The highest BCUT2D eigenvalue weighted by atomic mass is 32.3. The molecule has 2 aromatic rings. The number of ether oxygens (including phenoxy) is 2. The molecule has 0 saturated heterocycles. The van der Waals surface area contributed by atoms with Gasteiger partial charge in [-0.2, -0.15) is 18.9 Å². The van der Waals surface area contributed by atoms with E-state index in [1.807, 2.05) is 0 Å². The quantitative estimate of drug-likeness (QED) is 0.0833. The van der Waals surface area contributed by atoms with Gasteiger partial charge in [0, 0.05) is 33.7 Å². The number of hydrazine groups is 1. The van der Waals surface area contributed by atoms with Gasteiger partial charge in [-0.1, -0.05) is 0 Å². The Morgan fingerprint density at radius 2 is 1.60 bits per heavy atom. The summed E-state index contributed by atoms with van der Waals surface area (Å²) in [5.41, 5.74) is 5.57. The van der Waals surface area contributed by atoms with Gasteiger partial charge in [0.25, 0.3) is 0 Å². The second kappa shape index (κ2) is 14.3. The number of carbonyl (C=O) groups is 3. The zero-order valence-corrected chi connectivity index (χ0v) is 22.3. The zero-order chi connectivity index (χ0) is 29.9. The van der Waals surface area contributed by atoms with Gasteiger partial charge in [-0.3, -0.25) is 14.4 Å². The second-order valence-electron chi connectivity index (χ2n) is 7.98. The molecule has 210 valence electrons. The van der Waals surface area contributed by atoms with Crippen molar-refractivity contribution in [3.8, 4) is 12.1 Å². The lowest BCUT2D eigenvalue weighted by Gasteiger charge is -2.17. The van der Waals surface area contributed by atoms with E-state index in [-0.39, 0.29) is 23.5 Å². The number of carbonyl (C=O) groups excluding carboxylic acids is 3. The number of halogens is 1. The van der Waals surface area contributed by atoms with Crippen molar-refractivity contribution in [2.75, 3.05) is 17.3 Å². The van der Waals surface area contributed by atoms with Crippen LogP contribution in [0, 0.1) is 22.7 Å². The zero-order valence-electron chi connectivity index (χ0n) is 21.5. The van der Waals surface area contributed by atoms with E-state index in [0.717, 1.165) is 12.1 Å². The Morgan fingerprint density at radius 3 is 2.10 bits per heavy atom. The summed E-state index contributed by atoms with van der Waals surface area (Å²) >= 11 is 0. The van der Waals surface area contributed by atoms with Gasteiger partial charge in [0.05, 0.1) is 22.5 Å². The monoisotopic (exact) mass is 573 g/mol. The number of nitrogens with one attached hydrogen (secondary N) is 3. The Kier molecular flexibility index (Phi) is 11.2. The molecule has 2 aromatic carbocycles. The van der Waals surface area contributed by atoms with E-state index in [0.29, 0.717) is 18.7 Å². The van der Waals surface area contributed by atoms with Crippen molar-refractivity contribution in [2.24, 2.45) is 10.2 Å². The van der Waals surface area contributed by atoms with E-state index in [1.54, 1.807) is 18.2 Å². The fourth-order valence-corrected chi connectivity index (χ4v) is 3.67. The molecule has 0 atom stereocenters. The lowest BCUT2D eigenvalue weighted by Crippen LogP contribution is -2.26. The van der Waals surface area contributed by atoms with Gasteiger partial charge in [-0.15, -0.1) is 14.1 Å². The first kappa shape index (κ1) is 31.3. The summed E-state index contributed by atoms with van der Waals surface area (Å²) in [6.07, 6.45) is -0.306. The number of benzene rings is 2. The van der Waals surface area contributed by atoms with Crippen LogP contribution >= 0.6 is 0 Å². The van der Waals surface area contributed by atoms with Crippen LogP contribution in [0.25, 0.3) is 0 Å². The Hall–Kier alpha value is -4.93. The number of hydrogen-bond donors (Lipinski definition) is 3. The van der Waals surface area contributed by atoms with Crippen LogP contribution in [0.4, 0.5) is 26.6 Å². The van der Waals surface area contributed by atoms with Crippen LogP contribution in [0.15, 0.2) is 45.5 Å². The second-order valence-corrected chi connectivity index (χ2v) is 9.33. The Balaban J connectivity index is 2.19. The standard InChI is InChI=1S/C24H24FN7O7S/c1-14(33)29-22-11-19(30-28-8-4-5-23(38-15(2)34)39-16(3)35)6-7-21(22)31-32-24-17(12-26)9-20(40(25,36)37)10-18(24)13-27/h6-7,9-11,23,28,30H,4-5,8H2,1-3H3,(H,29,33). The fourth-order valence-electron chi connectivity index (χ4n) is 3.16. The first-order valence-electron chi connectivity index (χ1n) is 11.4. The summed E-state index contributed by atoms with van der Waals surface area (Å²) in [6, 6.07) is 9.34. The van der Waals surface area contributed by atoms with Crippen molar-refractivity contribution >= 4 is 50.8 Å². The van der Waals surface area contributed by atoms with E-state index in [1.165, 1.54) is 32.9 Å². The summed E-state index contributed by atoms with van der Waals surface area (Å²) in [7, 11) is -5.18. The number of anilines is 2. The summed E-state index contributed by atoms with van der Waals surface area (Å²) in [5.74, 6) is -1.61. The van der Waals surface area contributed by atoms with Gasteiger partial charge in [0.15, 0.2) is 0 Å². The predicted octanol–water partition coefficient (Wildman–Crippen LogP) is 3.61. The van der Waals surface area contributed by atoms with Crippen molar-refractivity contribution < 1.29 is 36.2 Å². The van der Waals surface area contributed by atoms with Crippen molar-refractivity contribution in [1.82, 2.24) is 5.43 Å². The largest absolute Gasteiger partial charge is 0.425 e. The van der Waals surface area contributed by atoms with Gasteiger partial charge in [0.2, 0.25) is 12.2 Å². The smallest absolute Gasteiger partial charge is 0.332 e. The van der Waals surface area contributed by atoms with E-state index < -0.39 is 50.4 Å². The van der Waals surface area contributed by atoms with Crippen molar-refractivity contribution in [3.05, 3.63) is 41.5 Å². The molecule has 0 aliphatic rings. The van der Waals surface area contributed by atoms with Gasteiger partial charge in [-0.05, 0) is 36.8 Å². The number of amides is 1. The molecule has 40 heavy (non-hydrogen) atoms. The van der Waals surface area contributed by atoms with Gasteiger partial charge in [-0.25, -0.2) is 5.43 Å². The molecular weight excluding hydrogens is 549 g/mol. The topological polar surface area (TPSA) is 212 Å². The number of hydrogen-bond acceptors (Lipinski definition) is 13. The van der Waals surface area contributed by atoms with Crippen LogP contribution in [-0.2, 0) is 34.1 Å². The molecule has 0 aromatic heterocycles. The third kappa shape index (κ3) is 9.75. The van der Waals surface area contributed by atoms with Crippen LogP contribution in [0.2, 0.25) is 0 Å². The number of nitriles is 2. The molecule has 0 heterocycles. The summed E-state index contributed by atoms with van der Waals surface area (Å²) in [4.78, 5) is 33.1. The first-order chi connectivity index (χ1) is 18.8. The third-order valence-electron chi connectivity index (χ3n) is 4.74. The van der Waals surface area contributed by atoms with Crippen LogP contribution in [0.5, 0.6) is 0 Å². The maximum atomic E-state index is 13.4. The first-order valence-corrected chi connectivity index (χ1v) is 12.8.